The lowest BCUT2D eigenvalue weighted by atomic mass is 10.1. The van der Waals surface area contributed by atoms with Crippen LogP contribution in [0.1, 0.15) is 60.0 Å². The Morgan fingerprint density at radius 1 is 0.725 bits per heavy atom. The number of halogens is 1. The normalized spacial score (nSPS) is 11.2. The van der Waals surface area contributed by atoms with Crippen LogP contribution in [0.5, 0.6) is 5.75 Å². The van der Waals surface area contributed by atoms with Gasteiger partial charge in [0.15, 0.2) is 5.78 Å². The van der Waals surface area contributed by atoms with E-state index in [9.17, 15) is 9.59 Å². The van der Waals surface area contributed by atoms with E-state index in [1.54, 1.807) is 6.08 Å². The van der Waals surface area contributed by atoms with Crippen LogP contribution >= 0.6 is 0 Å². The number of nitrogens with zero attached hydrogens (tertiary/aromatic N) is 1. The van der Waals surface area contributed by atoms with Crippen molar-refractivity contribution >= 4 is 23.5 Å². The fraction of sp³-hybridized carbons (Fsp3) is 0.353. The fourth-order valence-electron chi connectivity index (χ4n) is 4.11. The number of carbonyl (C=O) groups is 2. The Hall–Kier alpha value is -2.97. The Morgan fingerprint density at radius 2 is 1.32 bits per heavy atom. The van der Waals surface area contributed by atoms with E-state index in [1.807, 2.05) is 72.8 Å². The molecule has 214 valence electrons. The third-order valence-electron chi connectivity index (χ3n) is 6.50. The van der Waals surface area contributed by atoms with Gasteiger partial charge in [0.2, 0.25) is 0 Å². The highest BCUT2D eigenvalue weighted by Crippen LogP contribution is 2.18. The maximum atomic E-state index is 12.2. The summed E-state index contributed by atoms with van der Waals surface area (Å²) in [5.74, 6) is 0.678. The van der Waals surface area contributed by atoms with Crippen LogP contribution in [0, 0.1) is 0 Å². The van der Waals surface area contributed by atoms with Crippen LogP contribution in [0.25, 0.3) is 6.08 Å². The number of ether oxygens (including phenoxy) is 2. The molecule has 3 rings (SSSR count). The largest absolute Gasteiger partial charge is 1.00 e. The molecule has 5 nitrogen and oxygen atoms in total. The second-order valence-corrected chi connectivity index (χ2v) is 10.7. The molecule has 0 fully saturated rings. The zero-order valence-electron chi connectivity index (χ0n) is 24.0. The summed E-state index contributed by atoms with van der Waals surface area (Å²) in [6.45, 7) is 1.18. The molecule has 0 unspecified atom stereocenters. The van der Waals surface area contributed by atoms with E-state index >= 15 is 0 Å². The molecule has 0 aliphatic heterocycles. The molecule has 0 heterocycles. The van der Waals surface area contributed by atoms with E-state index in [4.69, 9.17) is 9.47 Å². The summed E-state index contributed by atoms with van der Waals surface area (Å²) in [4.78, 5) is 24.3. The highest BCUT2D eigenvalue weighted by atomic mass is 127. The molecular weight excluding hydrogens is 613 g/mol. The summed E-state index contributed by atoms with van der Waals surface area (Å²) >= 11 is 0. The summed E-state index contributed by atoms with van der Waals surface area (Å²) in [6, 6.07) is 25.2. The molecule has 3 aromatic carbocycles. The smallest absolute Gasteiger partial charge is 0.310 e. The number of hydrogen-bond donors (Lipinski definition) is 0. The number of quaternary nitrogens is 1. The topological polar surface area (TPSA) is 52.6 Å². The van der Waals surface area contributed by atoms with Crippen molar-refractivity contribution in [2.24, 2.45) is 0 Å². The number of benzene rings is 3. The molecule has 0 aliphatic rings. The molecule has 0 amide bonds. The minimum atomic E-state index is -0.158. The van der Waals surface area contributed by atoms with Crippen molar-refractivity contribution in [2.75, 3.05) is 34.4 Å². The molecule has 6 heteroatoms. The molecule has 0 spiro atoms. The first kappa shape index (κ1) is 33.2. The van der Waals surface area contributed by atoms with Gasteiger partial charge in [-0.25, -0.2) is 0 Å². The zero-order valence-corrected chi connectivity index (χ0v) is 26.1. The summed E-state index contributed by atoms with van der Waals surface area (Å²) in [5.41, 5.74) is 3.84. The highest BCUT2D eigenvalue weighted by Gasteiger charge is 2.12. The van der Waals surface area contributed by atoms with Gasteiger partial charge in [-0.05, 0) is 54.3 Å². The van der Waals surface area contributed by atoms with E-state index in [-0.39, 0.29) is 35.7 Å². The predicted molar refractivity (Wildman–Crippen MR) is 160 cm³/mol. The lowest BCUT2D eigenvalue weighted by molar-refractivity contribution is -0.142. The number of hydrogen-bond acceptors (Lipinski definition) is 4. The first-order valence-corrected chi connectivity index (χ1v) is 13.9. The van der Waals surface area contributed by atoms with E-state index in [0.29, 0.717) is 25.2 Å². The maximum absolute atomic E-state index is 12.2. The molecule has 3 aromatic rings. The molecule has 0 atom stereocenters. The number of allylic oxidation sites excluding steroid dienone is 1. The lowest BCUT2D eigenvalue weighted by Crippen LogP contribution is -3.00. The molecule has 0 bridgehead atoms. The minimum Gasteiger partial charge on any atom is -1.00 e. The van der Waals surface area contributed by atoms with Gasteiger partial charge in [-0.1, -0.05) is 86.4 Å². The molecule has 0 radical (unpaired) electrons. The Morgan fingerprint density at radius 3 is 1.95 bits per heavy atom. The van der Waals surface area contributed by atoms with Gasteiger partial charge in [0, 0.05) is 5.56 Å². The van der Waals surface area contributed by atoms with Crippen molar-refractivity contribution in [3.63, 3.8) is 0 Å². The summed E-state index contributed by atoms with van der Waals surface area (Å²) in [5, 5.41) is 0. The van der Waals surface area contributed by atoms with Crippen LogP contribution < -0.4 is 33.2 Å². The molecule has 0 saturated heterocycles. The van der Waals surface area contributed by atoms with Crippen LogP contribution in [-0.4, -0.2) is 46.1 Å². The fourth-order valence-corrected chi connectivity index (χ4v) is 4.11. The summed E-state index contributed by atoms with van der Waals surface area (Å²) < 4.78 is 12.0. The van der Waals surface area contributed by atoms with Gasteiger partial charge in [-0.15, -0.1) is 0 Å². The third kappa shape index (κ3) is 12.5. The van der Waals surface area contributed by atoms with Gasteiger partial charge in [0.05, 0.1) is 40.8 Å². The maximum Gasteiger partial charge on any atom is 0.310 e. The van der Waals surface area contributed by atoms with Crippen molar-refractivity contribution in [2.45, 2.75) is 44.9 Å². The van der Waals surface area contributed by atoms with Crippen molar-refractivity contribution in [3.8, 4) is 5.75 Å². The standard InChI is InChI=1S/C34H42NO4.HI/c1-35(2,3)31-20-15-29(16-21-31)27-34(37)39-26-12-7-5-4-6-11-25-38-32-22-17-28(18-23-32)19-24-33(36)30-13-9-8-10-14-30;/h8-10,13-24H,4-7,11-12,25-27H2,1-3H3;1H/q+1;/p-1/b24-19+;. The Labute approximate surface area is 256 Å². The van der Waals surface area contributed by atoms with E-state index < -0.39 is 0 Å². The monoisotopic (exact) mass is 655 g/mol. The number of carbonyl (C=O) groups excluding carboxylic acids is 2. The molecule has 0 aromatic heterocycles. The van der Waals surface area contributed by atoms with Crippen LogP contribution in [0.3, 0.4) is 0 Å². The third-order valence-corrected chi connectivity index (χ3v) is 6.50. The Balaban J connectivity index is 0.00000560. The first-order valence-electron chi connectivity index (χ1n) is 13.9. The van der Waals surface area contributed by atoms with Crippen molar-refractivity contribution in [1.29, 1.82) is 0 Å². The van der Waals surface area contributed by atoms with Gasteiger partial charge in [0.1, 0.15) is 11.4 Å². The summed E-state index contributed by atoms with van der Waals surface area (Å²) in [6.07, 6.45) is 10.1. The predicted octanol–water partition coefficient (Wildman–Crippen LogP) is 4.29. The van der Waals surface area contributed by atoms with Gasteiger partial charge in [-0.3, -0.25) is 14.1 Å². The number of esters is 1. The van der Waals surface area contributed by atoms with Crippen LogP contribution in [0.4, 0.5) is 5.69 Å². The van der Waals surface area contributed by atoms with E-state index in [0.717, 1.165) is 59.9 Å². The molecule has 0 aliphatic carbocycles. The zero-order chi connectivity index (χ0) is 27.9. The van der Waals surface area contributed by atoms with E-state index in [2.05, 4.69) is 33.3 Å². The van der Waals surface area contributed by atoms with Gasteiger partial charge < -0.3 is 33.5 Å². The van der Waals surface area contributed by atoms with Crippen molar-refractivity contribution in [1.82, 2.24) is 4.48 Å². The SMILES string of the molecule is C[N+](C)(C)c1ccc(CC(=O)OCCCCCCCCOc2ccc(/C=C/C(=O)c3ccccc3)cc2)cc1.[I-]. The van der Waals surface area contributed by atoms with Gasteiger partial charge in [0.25, 0.3) is 0 Å². The first-order chi connectivity index (χ1) is 18.8. The second-order valence-electron chi connectivity index (χ2n) is 10.7. The minimum absolute atomic E-state index is 0. The number of rotatable bonds is 16. The van der Waals surface area contributed by atoms with E-state index in [1.165, 1.54) is 5.69 Å². The average molecular weight is 656 g/mol. The lowest BCUT2D eigenvalue weighted by Gasteiger charge is -2.23. The quantitative estimate of drug-likeness (QED) is 0.0578. The van der Waals surface area contributed by atoms with Gasteiger partial charge in [-0.2, -0.15) is 0 Å². The van der Waals surface area contributed by atoms with Crippen LogP contribution in [-0.2, 0) is 16.0 Å². The Bertz CT molecular complexity index is 1180. The molecule has 0 saturated carbocycles. The molecule has 0 N–H and O–H groups in total. The van der Waals surface area contributed by atoms with Crippen LogP contribution in [0.15, 0.2) is 84.9 Å². The molecule has 40 heavy (non-hydrogen) atoms. The number of unbranched alkanes of at least 4 members (excludes halogenated alkanes) is 5. The van der Waals surface area contributed by atoms with Crippen molar-refractivity contribution < 1.29 is 43.0 Å². The van der Waals surface area contributed by atoms with Gasteiger partial charge >= 0.3 is 5.97 Å². The highest BCUT2D eigenvalue weighted by molar-refractivity contribution is 6.06. The molecular formula is C34H42INO4. The Kier molecular flexibility index (Phi) is 14.7. The van der Waals surface area contributed by atoms with Crippen LogP contribution in [0.2, 0.25) is 0 Å². The average Bonchev–Trinajstić information content (AvgIpc) is 2.93. The number of ketones is 1. The summed E-state index contributed by atoms with van der Waals surface area (Å²) in [7, 11) is 6.36. The second kappa shape index (κ2) is 17.7. The van der Waals surface area contributed by atoms with Crippen molar-refractivity contribution in [3.05, 3.63) is 102 Å².